The van der Waals surface area contributed by atoms with Crippen LogP contribution in [-0.2, 0) is 4.79 Å². The highest BCUT2D eigenvalue weighted by Crippen LogP contribution is 2.20. The van der Waals surface area contributed by atoms with Crippen LogP contribution in [0.5, 0.6) is 5.75 Å². The van der Waals surface area contributed by atoms with Gasteiger partial charge in [0.15, 0.2) is 0 Å². The van der Waals surface area contributed by atoms with E-state index in [1.54, 1.807) is 12.1 Å². The molecule has 0 unspecified atom stereocenters. The van der Waals surface area contributed by atoms with Gasteiger partial charge in [-0.1, -0.05) is 19.3 Å². The number of hydrogen-bond acceptors (Lipinski definition) is 4. The van der Waals surface area contributed by atoms with Crippen molar-refractivity contribution in [2.24, 2.45) is 0 Å². The molecule has 126 valence electrons. The number of hydrogen-bond donors (Lipinski definition) is 2. The first-order valence-corrected chi connectivity index (χ1v) is 8.76. The van der Waals surface area contributed by atoms with Crippen LogP contribution in [0.15, 0.2) is 24.3 Å². The first-order valence-electron chi connectivity index (χ1n) is 8.76. The van der Waals surface area contributed by atoms with Crippen LogP contribution in [0.25, 0.3) is 0 Å². The van der Waals surface area contributed by atoms with E-state index in [-0.39, 0.29) is 5.91 Å². The third-order valence-corrected chi connectivity index (χ3v) is 4.92. The fourth-order valence-electron chi connectivity index (χ4n) is 3.55. The molecule has 0 spiro atoms. The summed E-state index contributed by atoms with van der Waals surface area (Å²) >= 11 is 0. The number of piperazine rings is 1. The highest BCUT2D eigenvalue weighted by atomic mass is 16.3. The molecule has 1 aliphatic carbocycles. The second-order valence-electron chi connectivity index (χ2n) is 6.68. The zero-order valence-electron chi connectivity index (χ0n) is 13.7. The average molecular weight is 317 g/mol. The molecule has 0 atom stereocenters. The molecule has 2 aliphatic rings. The molecule has 2 N–H and O–H groups in total. The molecule has 1 amide bonds. The van der Waals surface area contributed by atoms with Crippen LogP contribution in [0.1, 0.15) is 32.1 Å². The smallest absolute Gasteiger partial charge is 0.234 e. The number of nitrogens with one attached hydrogen (secondary N) is 1. The number of aromatic hydroxyl groups is 1. The third kappa shape index (κ3) is 4.61. The summed E-state index contributed by atoms with van der Waals surface area (Å²) in [5, 5.41) is 12.6. The van der Waals surface area contributed by atoms with Gasteiger partial charge in [-0.05, 0) is 37.1 Å². The molecule has 5 heteroatoms. The number of phenols is 1. The Balaban J connectivity index is 1.41. The molecule has 1 aliphatic heterocycles. The zero-order valence-corrected chi connectivity index (χ0v) is 13.7. The van der Waals surface area contributed by atoms with Gasteiger partial charge in [-0.2, -0.15) is 0 Å². The summed E-state index contributed by atoms with van der Waals surface area (Å²) < 4.78 is 0. The van der Waals surface area contributed by atoms with Gasteiger partial charge < -0.3 is 15.3 Å². The highest BCUT2D eigenvalue weighted by Gasteiger charge is 2.21. The third-order valence-electron chi connectivity index (χ3n) is 4.92. The lowest BCUT2D eigenvalue weighted by Crippen LogP contribution is -2.50. The van der Waals surface area contributed by atoms with Crippen molar-refractivity contribution in [2.75, 3.05) is 37.6 Å². The van der Waals surface area contributed by atoms with E-state index in [2.05, 4.69) is 15.1 Å². The van der Waals surface area contributed by atoms with Gasteiger partial charge in [0.05, 0.1) is 6.54 Å². The molecule has 1 heterocycles. The predicted molar refractivity (Wildman–Crippen MR) is 91.8 cm³/mol. The minimum atomic E-state index is 0.176. The number of amides is 1. The molecule has 3 rings (SSSR count). The maximum Gasteiger partial charge on any atom is 0.234 e. The van der Waals surface area contributed by atoms with Crippen molar-refractivity contribution in [3.05, 3.63) is 24.3 Å². The van der Waals surface area contributed by atoms with E-state index in [0.29, 0.717) is 18.3 Å². The molecule has 1 saturated heterocycles. The molecule has 1 saturated carbocycles. The average Bonchev–Trinajstić information content (AvgIpc) is 2.57. The molecule has 23 heavy (non-hydrogen) atoms. The second kappa shape index (κ2) is 7.68. The van der Waals surface area contributed by atoms with Gasteiger partial charge in [0, 0.05) is 37.9 Å². The van der Waals surface area contributed by atoms with E-state index in [0.717, 1.165) is 44.7 Å². The Morgan fingerprint density at radius 2 is 1.70 bits per heavy atom. The summed E-state index contributed by atoms with van der Waals surface area (Å²) in [6.07, 6.45) is 6.08. The summed E-state index contributed by atoms with van der Waals surface area (Å²) in [5.74, 6) is 0.474. The Labute approximate surface area is 138 Å². The van der Waals surface area contributed by atoms with Gasteiger partial charge >= 0.3 is 0 Å². The van der Waals surface area contributed by atoms with Crippen LogP contribution in [0.4, 0.5) is 5.69 Å². The zero-order chi connectivity index (χ0) is 16.1. The molecule has 0 radical (unpaired) electrons. The fourth-order valence-corrected chi connectivity index (χ4v) is 3.55. The van der Waals surface area contributed by atoms with Gasteiger partial charge in [-0.25, -0.2) is 0 Å². The normalized spacial score (nSPS) is 20.4. The lowest BCUT2D eigenvalue weighted by molar-refractivity contribution is -0.123. The van der Waals surface area contributed by atoms with E-state index >= 15 is 0 Å². The summed E-state index contributed by atoms with van der Waals surface area (Å²) in [4.78, 5) is 16.7. The Morgan fingerprint density at radius 3 is 2.35 bits per heavy atom. The summed E-state index contributed by atoms with van der Waals surface area (Å²) in [6, 6.07) is 7.73. The number of nitrogens with zero attached hydrogens (tertiary/aromatic N) is 2. The monoisotopic (exact) mass is 317 g/mol. The maximum absolute atomic E-state index is 12.2. The van der Waals surface area contributed by atoms with Gasteiger partial charge in [-0.3, -0.25) is 9.69 Å². The van der Waals surface area contributed by atoms with E-state index in [1.807, 2.05) is 12.1 Å². The molecule has 0 bridgehead atoms. The van der Waals surface area contributed by atoms with Crippen molar-refractivity contribution < 1.29 is 9.90 Å². The topological polar surface area (TPSA) is 55.8 Å². The standard InChI is InChI=1S/C18H27N3O2/c22-17-8-6-16(7-9-17)21-12-10-20(11-13-21)14-18(23)19-15-4-2-1-3-5-15/h6-9,15,22H,1-5,10-14H2,(H,19,23). The van der Waals surface area contributed by atoms with Gasteiger partial charge in [0.2, 0.25) is 5.91 Å². The van der Waals surface area contributed by atoms with Crippen molar-refractivity contribution >= 4 is 11.6 Å². The summed E-state index contributed by atoms with van der Waals surface area (Å²) in [5.41, 5.74) is 1.13. The van der Waals surface area contributed by atoms with E-state index in [9.17, 15) is 9.90 Å². The lowest BCUT2D eigenvalue weighted by atomic mass is 9.95. The molecule has 1 aromatic rings. The largest absolute Gasteiger partial charge is 0.508 e. The highest BCUT2D eigenvalue weighted by molar-refractivity contribution is 5.78. The number of carbonyl (C=O) groups excluding carboxylic acids is 1. The number of anilines is 1. The van der Waals surface area contributed by atoms with Gasteiger partial charge in [0.1, 0.15) is 5.75 Å². The van der Waals surface area contributed by atoms with Crippen LogP contribution in [-0.4, -0.2) is 54.7 Å². The van der Waals surface area contributed by atoms with Crippen molar-refractivity contribution in [1.29, 1.82) is 0 Å². The fraction of sp³-hybridized carbons (Fsp3) is 0.611. The number of phenolic OH excluding ortho intramolecular Hbond substituents is 1. The molecular weight excluding hydrogens is 290 g/mol. The minimum Gasteiger partial charge on any atom is -0.508 e. The number of rotatable bonds is 4. The minimum absolute atomic E-state index is 0.176. The van der Waals surface area contributed by atoms with E-state index in [1.165, 1.54) is 19.3 Å². The molecule has 2 fully saturated rings. The molecular formula is C18H27N3O2. The molecule has 1 aromatic carbocycles. The van der Waals surface area contributed by atoms with E-state index in [4.69, 9.17) is 0 Å². The maximum atomic E-state index is 12.2. The molecule has 0 aromatic heterocycles. The van der Waals surface area contributed by atoms with Crippen LogP contribution in [0, 0.1) is 0 Å². The Kier molecular flexibility index (Phi) is 5.39. The van der Waals surface area contributed by atoms with Crippen molar-refractivity contribution in [1.82, 2.24) is 10.2 Å². The Bertz CT molecular complexity index is 504. The SMILES string of the molecule is O=C(CN1CCN(c2ccc(O)cc2)CC1)NC1CCCCC1. The quantitative estimate of drug-likeness (QED) is 0.891. The lowest BCUT2D eigenvalue weighted by Gasteiger charge is -2.36. The first kappa shape index (κ1) is 16.1. The first-order chi connectivity index (χ1) is 11.2. The second-order valence-corrected chi connectivity index (χ2v) is 6.68. The van der Waals surface area contributed by atoms with Crippen molar-refractivity contribution in [3.63, 3.8) is 0 Å². The van der Waals surface area contributed by atoms with Crippen LogP contribution in [0.3, 0.4) is 0 Å². The predicted octanol–water partition coefficient (Wildman–Crippen LogP) is 1.96. The Hall–Kier alpha value is -1.75. The number of carbonyl (C=O) groups is 1. The van der Waals surface area contributed by atoms with Gasteiger partial charge in [0.25, 0.3) is 0 Å². The summed E-state index contributed by atoms with van der Waals surface area (Å²) in [6.45, 7) is 4.15. The van der Waals surface area contributed by atoms with Crippen LogP contribution >= 0.6 is 0 Å². The van der Waals surface area contributed by atoms with E-state index < -0.39 is 0 Å². The molecule has 5 nitrogen and oxygen atoms in total. The summed E-state index contributed by atoms with van der Waals surface area (Å²) in [7, 11) is 0. The number of benzene rings is 1. The van der Waals surface area contributed by atoms with Crippen LogP contribution in [0.2, 0.25) is 0 Å². The van der Waals surface area contributed by atoms with Crippen LogP contribution < -0.4 is 10.2 Å². The Morgan fingerprint density at radius 1 is 1.04 bits per heavy atom. The van der Waals surface area contributed by atoms with Crippen molar-refractivity contribution in [3.8, 4) is 5.75 Å². The van der Waals surface area contributed by atoms with Crippen molar-refractivity contribution in [2.45, 2.75) is 38.1 Å². The van der Waals surface area contributed by atoms with Gasteiger partial charge in [-0.15, -0.1) is 0 Å².